The van der Waals surface area contributed by atoms with E-state index >= 15 is 0 Å². The van der Waals surface area contributed by atoms with Crippen LogP contribution in [0.3, 0.4) is 0 Å². The van der Waals surface area contributed by atoms with Crippen LogP contribution in [0, 0.1) is 0 Å². The first-order valence-electron chi connectivity index (χ1n) is 11.0. The molecule has 0 fully saturated rings. The Bertz CT molecular complexity index is 1710. The van der Waals surface area contributed by atoms with Gasteiger partial charge in [0.2, 0.25) is 0 Å². The number of hydrogen-bond donors (Lipinski definition) is 1. The lowest BCUT2D eigenvalue weighted by molar-refractivity contribution is 0.708. The van der Waals surface area contributed by atoms with Crippen molar-refractivity contribution in [2.45, 2.75) is 6.04 Å². The highest BCUT2D eigenvalue weighted by Gasteiger charge is 2.34. The van der Waals surface area contributed by atoms with E-state index in [1.807, 2.05) is 66.7 Å². The molecule has 2 aromatic heterocycles. The summed E-state index contributed by atoms with van der Waals surface area (Å²) in [6.45, 7) is 0. The van der Waals surface area contributed by atoms with Gasteiger partial charge in [-0.05, 0) is 23.8 Å². The topological polar surface area (TPSA) is 61.0 Å². The Morgan fingerprint density at radius 1 is 0.824 bits per heavy atom. The summed E-state index contributed by atoms with van der Waals surface area (Å²) < 4.78 is 5.80. The van der Waals surface area contributed by atoms with Gasteiger partial charge in [0.15, 0.2) is 0 Å². The van der Waals surface area contributed by atoms with E-state index in [9.17, 15) is 9.59 Å². The Labute approximate surface area is 203 Å². The molecule has 7 heteroatoms. The maximum atomic E-state index is 13.7. The molecule has 168 valence electrons. The summed E-state index contributed by atoms with van der Waals surface area (Å²) in [5.41, 5.74) is 5.43. The molecule has 0 unspecified atom stereocenters. The molecule has 0 saturated heterocycles. The molecular weight excluding hydrogens is 492 g/mol. The first-order chi connectivity index (χ1) is 16.5. The van der Waals surface area contributed by atoms with Crippen molar-refractivity contribution >= 4 is 32.5 Å². The molecule has 5 aromatic rings. The Morgan fingerprint density at radius 2 is 1.50 bits per heavy atom. The van der Waals surface area contributed by atoms with Crippen LogP contribution < -0.4 is 16.6 Å². The van der Waals surface area contributed by atoms with E-state index in [2.05, 4.69) is 37.9 Å². The van der Waals surface area contributed by atoms with Gasteiger partial charge < -0.3 is 9.88 Å². The number of hydrogen-bond acceptors (Lipinski definition) is 3. The summed E-state index contributed by atoms with van der Waals surface area (Å²) in [6.07, 6.45) is 0. The zero-order valence-electron chi connectivity index (χ0n) is 18.6. The maximum Gasteiger partial charge on any atom is 0.331 e. The second kappa shape index (κ2) is 7.60. The lowest BCUT2D eigenvalue weighted by Crippen LogP contribution is -2.37. The number of aryl methyl sites for hydroxylation is 1. The van der Waals surface area contributed by atoms with Crippen LogP contribution in [0.2, 0.25) is 0 Å². The number of benzene rings is 3. The molecule has 0 bridgehead atoms. The third-order valence-electron chi connectivity index (χ3n) is 6.59. The van der Waals surface area contributed by atoms with Crippen molar-refractivity contribution in [2.24, 2.45) is 14.1 Å². The van der Waals surface area contributed by atoms with E-state index in [0.717, 1.165) is 38.4 Å². The predicted molar refractivity (Wildman–Crippen MR) is 139 cm³/mol. The van der Waals surface area contributed by atoms with Gasteiger partial charge in [-0.2, -0.15) is 0 Å². The van der Waals surface area contributed by atoms with Gasteiger partial charge in [-0.15, -0.1) is 0 Å². The third kappa shape index (κ3) is 2.80. The number of fused-ring (bicyclic) bond motifs is 5. The van der Waals surface area contributed by atoms with Crippen molar-refractivity contribution in [2.75, 3.05) is 5.32 Å². The van der Waals surface area contributed by atoms with Gasteiger partial charge in [0, 0.05) is 24.1 Å². The summed E-state index contributed by atoms with van der Waals surface area (Å²) in [6, 6.07) is 25.8. The molecule has 6 rings (SSSR count). The molecule has 0 aliphatic carbocycles. The van der Waals surface area contributed by atoms with Crippen LogP contribution in [0.4, 0.5) is 5.69 Å². The second-order valence-electron chi connectivity index (χ2n) is 8.48. The van der Waals surface area contributed by atoms with Gasteiger partial charge in [0.25, 0.3) is 5.56 Å². The maximum absolute atomic E-state index is 13.7. The highest BCUT2D eigenvalue weighted by molar-refractivity contribution is 9.10. The quantitative estimate of drug-likeness (QED) is 0.363. The number of nitrogens with zero attached hydrogens (tertiary/aromatic N) is 3. The van der Waals surface area contributed by atoms with Gasteiger partial charge >= 0.3 is 5.69 Å². The van der Waals surface area contributed by atoms with E-state index in [0.29, 0.717) is 10.9 Å². The highest BCUT2D eigenvalue weighted by atomic mass is 79.9. The number of para-hydroxylation sites is 2. The Morgan fingerprint density at radius 3 is 2.26 bits per heavy atom. The summed E-state index contributed by atoms with van der Waals surface area (Å²) in [7, 11) is 3.27. The molecule has 34 heavy (non-hydrogen) atoms. The van der Waals surface area contributed by atoms with Crippen LogP contribution in [0.5, 0.6) is 0 Å². The highest BCUT2D eigenvalue weighted by Crippen LogP contribution is 2.46. The molecule has 1 N–H and O–H groups in total. The fourth-order valence-electron chi connectivity index (χ4n) is 5.02. The van der Waals surface area contributed by atoms with Gasteiger partial charge in [0.05, 0.1) is 39.7 Å². The Balaban J connectivity index is 1.90. The van der Waals surface area contributed by atoms with Crippen LogP contribution in [0.15, 0.2) is 92.9 Å². The Kier molecular flexibility index (Phi) is 4.64. The molecule has 0 radical (unpaired) electrons. The molecule has 1 atom stereocenters. The van der Waals surface area contributed by atoms with Gasteiger partial charge in [0.1, 0.15) is 0 Å². The normalized spacial score (nSPS) is 14.5. The number of halogens is 1. The van der Waals surface area contributed by atoms with Gasteiger partial charge in [-0.3, -0.25) is 13.9 Å². The molecule has 3 heterocycles. The predicted octanol–water partition coefficient (Wildman–Crippen LogP) is 4.97. The summed E-state index contributed by atoms with van der Waals surface area (Å²) >= 11 is 3.70. The average Bonchev–Trinajstić information content (AvgIpc) is 3.23. The minimum Gasteiger partial charge on any atom is -0.371 e. The number of rotatable bonds is 2. The lowest BCUT2D eigenvalue weighted by Gasteiger charge is -2.31. The fourth-order valence-corrected chi connectivity index (χ4v) is 5.49. The van der Waals surface area contributed by atoms with Crippen molar-refractivity contribution in [1.82, 2.24) is 13.7 Å². The standard InChI is InChI=1S/C27H21BrN4O2/c1-30-24-21(26(33)31(2)27(30)34)23(17-12-6-7-13-18(17)28)32-20-15-9-8-14-19(20)29-22(25(24)32)16-10-4-3-5-11-16/h3-15,22,29H,1-2H3/t22-/m1/s1. The Hall–Kier alpha value is -3.84. The smallest absolute Gasteiger partial charge is 0.331 e. The van der Waals surface area contributed by atoms with Crippen LogP contribution >= 0.6 is 15.9 Å². The van der Waals surface area contributed by atoms with E-state index in [-0.39, 0.29) is 17.3 Å². The van der Waals surface area contributed by atoms with E-state index < -0.39 is 0 Å². The zero-order valence-corrected chi connectivity index (χ0v) is 20.2. The van der Waals surface area contributed by atoms with E-state index in [1.54, 1.807) is 11.6 Å². The fraction of sp³-hybridized carbons (Fsp3) is 0.111. The lowest BCUT2D eigenvalue weighted by atomic mass is 9.99. The van der Waals surface area contributed by atoms with Crippen LogP contribution in [-0.4, -0.2) is 13.7 Å². The van der Waals surface area contributed by atoms with Crippen molar-refractivity contribution in [3.63, 3.8) is 0 Å². The molecule has 0 saturated carbocycles. The zero-order chi connectivity index (χ0) is 23.6. The first kappa shape index (κ1) is 20.7. The molecule has 0 amide bonds. The minimum atomic E-state index is -0.352. The van der Waals surface area contributed by atoms with Crippen molar-refractivity contribution in [1.29, 1.82) is 0 Å². The third-order valence-corrected chi connectivity index (χ3v) is 7.28. The van der Waals surface area contributed by atoms with E-state index in [1.165, 1.54) is 11.6 Å². The molecule has 1 aliphatic heterocycles. The van der Waals surface area contributed by atoms with Crippen LogP contribution in [0.25, 0.3) is 27.8 Å². The molecule has 0 spiro atoms. The van der Waals surface area contributed by atoms with Crippen LogP contribution in [0.1, 0.15) is 17.3 Å². The second-order valence-corrected chi connectivity index (χ2v) is 9.34. The summed E-state index contributed by atoms with van der Waals surface area (Å²) in [5.74, 6) is 0. The van der Waals surface area contributed by atoms with Gasteiger partial charge in [-0.1, -0.05) is 76.6 Å². The van der Waals surface area contributed by atoms with Crippen molar-refractivity contribution in [3.8, 4) is 16.9 Å². The van der Waals surface area contributed by atoms with Gasteiger partial charge in [-0.25, -0.2) is 4.79 Å². The molecular formula is C27H21BrN4O2. The minimum absolute atomic E-state index is 0.257. The SMILES string of the molecule is Cn1c(=O)c2c(-c3ccccc3Br)n3c(c2n(C)c1=O)[C@@H](c1ccccc1)Nc1ccccc1-3. The molecule has 6 nitrogen and oxygen atoms in total. The summed E-state index contributed by atoms with van der Waals surface area (Å²) in [4.78, 5) is 26.8. The van der Waals surface area contributed by atoms with Crippen molar-refractivity contribution in [3.05, 3.63) is 115 Å². The monoisotopic (exact) mass is 512 g/mol. The van der Waals surface area contributed by atoms with Crippen molar-refractivity contribution < 1.29 is 0 Å². The number of nitrogens with one attached hydrogen (secondary N) is 1. The average molecular weight is 513 g/mol. The van der Waals surface area contributed by atoms with Crippen LogP contribution in [-0.2, 0) is 14.1 Å². The molecule has 3 aromatic carbocycles. The first-order valence-corrected chi connectivity index (χ1v) is 11.8. The number of anilines is 1. The number of aromatic nitrogens is 3. The largest absolute Gasteiger partial charge is 0.371 e. The van der Waals surface area contributed by atoms with E-state index in [4.69, 9.17) is 0 Å². The summed E-state index contributed by atoms with van der Waals surface area (Å²) in [5, 5.41) is 4.18. The molecule has 1 aliphatic rings.